The minimum Gasteiger partial charge on any atom is -0.497 e. The summed E-state index contributed by atoms with van der Waals surface area (Å²) in [5, 5.41) is 11.0. The van der Waals surface area contributed by atoms with E-state index in [0.717, 1.165) is 12.1 Å². The second-order valence-electron chi connectivity index (χ2n) is 3.94. The van der Waals surface area contributed by atoms with Crippen LogP contribution >= 0.6 is 0 Å². The summed E-state index contributed by atoms with van der Waals surface area (Å²) in [6, 6.07) is 11.2. The minimum atomic E-state index is -4.31. The van der Waals surface area contributed by atoms with Gasteiger partial charge in [-0.3, -0.25) is 10.1 Å². The van der Waals surface area contributed by atoms with Crippen molar-refractivity contribution in [2.75, 3.05) is 7.11 Å². The van der Waals surface area contributed by atoms with Crippen LogP contribution in [0.2, 0.25) is 0 Å². The fraction of sp³-hybridized carbons (Fsp3) is 0.0769. The summed E-state index contributed by atoms with van der Waals surface area (Å²) in [7, 11) is -2.98. The first-order chi connectivity index (χ1) is 9.94. The van der Waals surface area contributed by atoms with Gasteiger partial charge in [0, 0.05) is 0 Å². The predicted octanol–water partition coefficient (Wildman–Crippen LogP) is 2.37. The predicted molar refractivity (Wildman–Crippen MR) is 73.9 cm³/mol. The summed E-state index contributed by atoms with van der Waals surface area (Å²) in [5.74, 6) is 0.253. The van der Waals surface area contributed by atoms with Crippen molar-refractivity contribution in [3.8, 4) is 11.5 Å². The molecule has 0 aliphatic rings. The second kappa shape index (κ2) is 5.80. The van der Waals surface area contributed by atoms with Crippen molar-refractivity contribution in [1.29, 1.82) is 0 Å². The van der Waals surface area contributed by atoms with Gasteiger partial charge in [-0.1, -0.05) is 18.2 Å². The number of nitro groups is 1. The first-order valence-corrected chi connectivity index (χ1v) is 7.17. The summed E-state index contributed by atoms with van der Waals surface area (Å²) in [4.78, 5) is 9.69. The number of ether oxygens (including phenoxy) is 1. The van der Waals surface area contributed by atoms with Crippen LogP contribution < -0.4 is 8.92 Å². The quantitative estimate of drug-likeness (QED) is 0.478. The van der Waals surface area contributed by atoms with Gasteiger partial charge in [0.25, 0.3) is 5.69 Å². The van der Waals surface area contributed by atoms with Gasteiger partial charge in [-0.25, -0.2) is 0 Å². The molecule has 2 aromatic rings. The summed E-state index contributed by atoms with van der Waals surface area (Å²) in [5.41, 5.74) is -0.606. The fourth-order valence-corrected chi connectivity index (χ4v) is 2.70. The molecule has 0 atom stereocenters. The van der Waals surface area contributed by atoms with E-state index < -0.39 is 25.6 Å². The van der Waals surface area contributed by atoms with Gasteiger partial charge in [0.05, 0.1) is 18.1 Å². The number of hydrogen-bond acceptors (Lipinski definition) is 6. The molecule has 0 aromatic heterocycles. The molecule has 0 aliphatic heterocycles. The Balaban J connectivity index is 2.47. The third-order valence-electron chi connectivity index (χ3n) is 2.58. The molecule has 2 rings (SSSR count). The van der Waals surface area contributed by atoms with E-state index in [0.29, 0.717) is 0 Å². The Morgan fingerprint density at radius 1 is 1.05 bits per heavy atom. The lowest BCUT2D eigenvalue weighted by molar-refractivity contribution is -0.388. The lowest BCUT2D eigenvalue weighted by Crippen LogP contribution is -2.12. The Bertz CT molecular complexity index is 757. The highest BCUT2D eigenvalue weighted by atomic mass is 32.2. The molecule has 0 N–H and O–H groups in total. The van der Waals surface area contributed by atoms with Gasteiger partial charge in [0.2, 0.25) is 0 Å². The molecular weight excluding hydrogens is 298 g/mol. The summed E-state index contributed by atoms with van der Waals surface area (Å²) in [6.45, 7) is 0. The Hall–Kier alpha value is -2.61. The van der Waals surface area contributed by atoms with Gasteiger partial charge in [-0.05, 0) is 24.3 Å². The number of nitro benzene ring substituents is 1. The molecule has 0 saturated heterocycles. The first-order valence-electron chi connectivity index (χ1n) is 5.76. The standard InChI is InChI=1S/C13H11NO6S/c1-19-11-7-8-13(12(9-11)14(15)16)21(17,18)20-10-5-3-2-4-6-10/h2-9H,1H3. The largest absolute Gasteiger partial charge is 0.497 e. The number of methoxy groups -OCH3 is 1. The van der Waals surface area contributed by atoms with Crippen molar-refractivity contribution >= 4 is 15.8 Å². The second-order valence-corrected chi connectivity index (χ2v) is 5.46. The Morgan fingerprint density at radius 3 is 2.29 bits per heavy atom. The number of benzene rings is 2. The van der Waals surface area contributed by atoms with E-state index in [9.17, 15) is 18.5 Å². The van der Waals surface area contributed by atoms with Crippen molar-refractivity contribution in [3.05, 3.63) is 58.6 Å². The van der Waals surface area contributed by atoms with E-state index >= 15 is 0 Å². The summed E-state index contributed by atoms with van der Waals surface area (Å²) >= 11 is 0. The zero-order chi connectivity index (χ0) is 15.5. The van der Waals surface area contributed by atoms with Gasteiger partial charge >= 0.3 is 10.1 Å². The average Bonchev–Trinajstić information content (AvgIpc) is 2.47. The number of nitrogens with zero attached hydrogens (tertiary/aromatic N) is 1. The van der Waals surface area contributed by atoms with Crippen molar-refractivity contribution in [2.24, 2.45) is 0 Å². The Morgan fingerprint density at radius 2 is 1.71 bits per heavy atom. The molecule has 8 heteroatoms. The van der Waals surface area contributed by atoms with Crippen LogP contribution in [0.3, 0.4) is 0 Å². The molecule has 21 heavy (non-hydrogen) atoms. The minimum absolute atomic E-state index is 0.0719. The SMILES string of the molecule is COc1ccc(S(=O)(=O)Oc2ccccc2)c([N+](=O)[O-])c1. The topological polar surface area (TPSA) is 95.7 Å². The molecular formula is C13H11NO6S. The highest BCUT2D eigenvalue weighted by Crippen LogP contribution is 2.30. The van der Waals surface area contributed by atoms with Gasteiger partial charge in [0.15, 0.2) is 4.90 Å². The number of rotatable bonds is 5. The highest BCUT2D eigenvalue weighted by Gasteiger charge is 2.28. The molecule has 0 amide bonds. The zero-order valence-electron chi connectivity index (χ0n) is 10.9. The lowest BCUT2D eigenvalue weighted by Gasteiger charge is -2.08. The third-order valence-corrected chi connectivity index (χ3v) is 3.88. The van der Waals surface area contributed by atoms with Crippen molar-refractivity contribution in [2.45, 2.75) is 4.90 Å². The van der Waals surface area contributed by atoms with Gasteiger partial charge in [-0.15, -0.1) is 0 Å². The van der Waals surface area contributed by atoms with Gasteiger partial charge < -0.3 is 8.92 Å². The van der Waals surface area contributed by atoms with Gasteiger partial charge in [-0.2, -0.15) is 8.42 Å². The molecule has 0 aliphatic carbocycles. The maximum absolute atomic E-state index is 12.2. The highest BCUT2D eigenvalue weighted by molar-refractivity contribution is 7.87. The van der Waals surface area contributed by atoms with E-state index in [4.69, 9.17) is 8.92 Å². The number of hydrogen-bond donors (Lipinski definition) is 0. The molecule has 0 radical (unpaired) electrons. The van der Waals surface area contributed by atoms with E-state index in [2.05, 4.69) is 0 Å². The van der Waals surface area contributed by atoms with E-state index in [1.54, 1.807) is 18.2 Å². The van der Waals surface area contributed by atoms with Crippen LogP contribution in [0.15, 0.2) is 53.4 Å². The van der Waals surface area contributed by atoms with Crippen molar-refractivity contribution < 1.29 is 22.3 Å². The molecule has 0 saturated carbocycles. The van der Waals surface area contributed by atoms with Crippen LogP contribution in [0.1, 0.15) is 0 Å². The number of para-hydroxylation sites is 1. The van der Waals surface area contributed by atoms with E-state index in [1.807, 2.05) is 0 Å². The Kier molecular flexibility index (Phi) is 4.08. The Labute approximate surface area is 121 Å². The average molecular weight is 309 g/mol. The smallest absolute Gasteiger partial charge is 0.346 e. The maximum atomic E-state index is 12.2. The molecule has 0 heterocycles. The van der Waals surface area contributed by atoms with Crippen LogP contribution in [-0.4, -0.2) is 20.5 Å². The third kappa shape index (κ3) is 3.29. The summed E-state index contributed by atoms with van der Waals surface area (Å²) in [6.07, 6.45) is 0. The van der Waals surface area contributed by atoms with Crippen LogP contribution in [0.25, 0.3) is 0 Å². The summed E-state index contributed by atoms with van der Waals surface area (Å²) < 4.78 is 34.0. The van der Waals surface area contributed by atoms with E-state index in [-0.39, 0.29) is 11.5 Å². The van der Waals surface area contributed by atoms with Crippen LogP contribution in [0, 0.1) is 10.1 Å². The van der Waals surface area contributed by atoms with Crippen molar-refractivity contribution in [1.82, 2.24) is 0 Å². The molecule has 0 unspecified atom stereocenters. The molecule has 0 bridgehead atoms. The molecule has 110 valence electrons. The van der Waals surface area contributed by atoms with Crippen LogP contribution in [-0.2, 0) is 10.1 Å². The fourth-order valence-electron chi connectivity index (χ4n) is 1.63. The van der Waals surface area contributed by atoms with Crippen LogP contribution in [0.4, 0.5) is 5.69 Å². The maximum Gasteiger partial charge on any atom is 0.346 e. The van der Waals surface area contributed by atoms with E-state index in [1.165, 1.54) is 25.3 Å². The first kappa shape index (κ1) is 14.8. The molecule has 7 nitrogen and oxygen atoms in total. The van der Waals surface area contributed by atoms with Crippen molar-refractivity contribution in [3.63, 3.8) is 0 Å². The zero-order valence-corrected chi connectivity index (χ0v) is 11.7. The molecule has 2 aromatic carbocycles. The lowest BCUT2D eigenvalue weighted by atomic mass is 10.3. The van der Waals surface area contributed by atoms with Gasteiger partial charge in [0.1, 0.15) is 11.5 Å². The molecule has 0 fully saturated rings. The van der Waals surface area contributed by atoms with Crippen LogP contribution in [0.5, 0.6) is 11.5 Å². The normalized spacial score (nSPS) is 10.9. The monoisotopic (exact) mass is 309 g/mol. The molecule has 0 spiro atoms.